The minimum Gasteiger partial charge on any atom is -0.198 e. The third-order valence-corrected chi connectivity index (χ3v) is 5.57. The topological polar surface area (TPSA) is 23.8 Å². The van der Waals surface area contributed by atoms with Crippen molar-refractivity contribution < 1.29 is 0 Å². The molecule has 1 fully saturated rings. The summed E-state index contributed by atoms with van der Waals surface area (Å²) in [5, 5.41) is 9.74. The maximum absolute atomic E-state index is 9.28. The first-order valence-electron chi connectivity index (χ1n) is 6.54. The van der Waals surface area contributed by atoms with Gasteiger partial charge in [0.15, 0.2) is 0 Å². The van der Waals surface area contributed by atoms with E-state index in [1.165, 1.54) is 24.2 Å². The summed E-state index contributed by atoms with van der Waals surface area (Å²) in [5.41, 5.74) is 0. The van der Waals surface area contributed by atoms with Crippen molar-refractivity contribution in [3.05, 3.63) is 28.7 Å². The highest BCUT2D eigenvalue weighted by atomic mass is 79.9. The molecule has 1 aliphatic rings. The van der Waals surface area contributed by atoms with Crippen LogP contribution >= 0.6 is 27.7 Å². The molecule has 1 saturated carbocycles. The summed E-state index contributed by atoms with van der Waals surface area (Å²) in [6, 6.07) is 10.9. The number of rotatable bonds is 3. The van der Waals surface area contributed by atoms with Crippen LogP contribution in [0, 0.1) is 23.2 Å². The molecule has 0 spiro atoms. The lowest BCUT2D eigenvalue weighted by Gasteiger charge is -2.31. The maximum atomic E-state index is 9.28. The quantitative estimate of drug-likeness (QED) is 0.757. The smallest absolute Gasteiger partial charge is 0.0667 e. The molecule has 18 heavy (non-hydrogen) atoms. The summed E-state index contributed by atoms with van der Waals surface area (Å²) in [6.45, 7) is 2.26. The van der Waals surface area contributed by atoms with Crippen LogP contribution in [0.25, 0.3) is 0 Å². The Bertz CT molecular complexity index is 440. The summed E-state index contributed by atoms with van der Waals surface area (Å²) in [5.74, 6) is 1.02. The van der Waals surface area contributed by atoms with Crippen molar-refractivity contribution in [2.75, 3.05) is 0 Å². The predicted molar refractivity (Wildman–Crippen MR) is 80.5 cm³/mol. The van der Waals surface area contributed by atoms with Crippen LogP contribution in [0.4, 0.5) is 0 Å². The molecule has 96 valence electrons. The van der Waals surface area contributed by atoms with E-state index in [4.69, 9.17) is 0 Å². The van der Waals surface area contributed by atoms with Crippen LogP contribution in [-0.4, -0.2) is 5.25 Å². The number of thioether (sulfide) groups is 1. The van der Waals surface area contributed by atoms with Gasteiger partial charge in [0.2, 0.25) is 0 Å². The molecule has 1 aromatic carbocycles. The highest BCUT2D eigenvalue weighted by Gasteiger charge is 2.30. The summed E-state index contributed by atoms with van der Waals surface area (Å²) < 4.78 is 1.11. The molecule has 0 N–H and O–H groups in total. The molecular weight excluding hydrogens is 306 g/mol. The zero-order chi connectivity index (χ0) is 13.0. The minimum atomic E-state index is 0.219. The lowest BCUT2D eigenvalue weighted by molar-refractivity contribution is 0.317. The number of benzene rings is 1. The summed E-state index contributed by atoms with van der Waals surface area (Å²) >= 11 is 5.38. The van der Waals surface area contributed by atoms with E-state index in [2.05, 4.69) is 47.1 Å². The molecule has 1 aliphatic carbocycles. The molecule has 0 bridgehead atoms. The Balaban J connectivity index is 2.07. The lowest BCUT2D eigenvalue weighted by Crippen LogP contribution is -2.25. The Morgan fingerprint density at radius 3 is 2.94 bits per heavy atom. The first kappa shape index (κ1) is 14.0. The normalized spacial score (nSPS) is 27.7. The van der Waals surface area contributed by atoms with E-state index < -0.39 is 0 Å². The third kappa shape index (κ3) is 3.52. The second-order valence-electron chi connectivity index (χ2n) is 4.94. The fraction of sp³-hybridized carbons (Fsp3) is 0.533. The first-order valence-corrected chi connectivity index (χ1v) is 8.22. The van der Waals surface area contributed by atoms with Gasteiger partial charge in [-0.15, -0.1) is 11.8 Å². The zero-order valence-corrected chi connectivity index (χ0v) is 13.0. The van der Waals surface area contributed by atoms with Gasteiger partial charge in [0.05, 0.1) is 12.0 Å². The van der Waals surface area contributed by atoms with Gasteiger partial charge >= 0.3 is 0 Å². The summed E-state index contributed by atoms with van der Waals surface area (Å²) in [6.07, 6.45) is 4.73. The van der Waals surface area contributed by atoms with Gasteiger partial charge in [-0.3, -0.25) is 0 Å². The van der Waals surface area contributed by atoms with Crippen LogP contribution < -0.4 is 0 Å². The number of nitriles is 1. The third-order valence-electron chi connectivity index (χ3n) is 3.73. The van der Waals surface area contributed by atoms with Gasteiger partial charge in [0, 0.05) is 14.6 Å². The Morgan fingerprint density at radius 2 is 2.28 bits per heavy atom. The van der Waals surface area contributed by atoms with Gasteiger partial charge in [-0.05, 0) is 43.4 Å². The number of halogens is 1. The molecular formula is C15H18BrNS. The molecule has 0 aromatic heterocycles. The van der Waals surface area contributed by atoms with E-state index >= 15 is 0 Å². The molecule has 2 rings (SSSR count). The Kier molecular flexibility index (Phi) is 5.14. The van der Waals surface area contributed by atoms with Crippen molar-refractivity contribution in [1.29, 1.82) is 5.26 Å². The van der Waals surface area contributed by atoms with Crippen molar-refractivity contribution in [2.24, 2.45) is 11.8 Å². The molecule has 3 atom stereocenters. The number of hydrogen-bond acceptors (Lipinski definition) is 2. The molecule has 0 amide bonds. The summed E-state index contributed by atoms with van der Waals surface area (Å²) in [4.78, 5) is 1.27. The minimum absolute atomic E-state index is 0.219. The average Bonchev–Trinajstić information content (AvgIpc) is 2.38. The molecule has 1 aromatic rings. The summed E-state index contributed by atoms with van der Waals surface area (Å²) in [7, 11) is 0. The van der Waals surface area contributed by atoms with E-state index in [0.717, 1.165) is 16.8 Å². The van der Waals surface area contributed by atoms with E-state index in [0.29, 0.717) is 5.25 Å². The van der Waals surface area contributed by atoms with Crippen molar-refractivity contribution in [2.45, 2.75) is 42.8 Å². The van der Waals surface area contributed by atoms with Gasteiger partial charge in [0.25, 0.3) is 0 Å². The Morgan fingerprint density at radius 1 is 1.44 bits per heavy atom. The molecule has 3 heteroatoms. The van der Waals surface area contributed by atoms with E-state index in [-0.39, 0.29) is 5.92 Å². The standard InChI is InChI=1S/C15H18BrNS/c1-2-11-6-7-12(10-17)15(8-11)18-14-5-3-4-13(16)9-14/h3-5,9,11-12,15H,2,6-8H2,1H3. The molecule has 0 radical (unpaired) electrons. The van der Waals surface area contributed by atoms with Crippen LogP contribution in [0.1, 0.15) is 32.6 Å². The van der Waals surface area contributed by atoms with Gasteiger partial charge in [0.1, 0.15) is 0 Å². The monoisotopic (exact) mass is 323 g/mol. The maximum Gasteiger partial charge on any atom is 0.0667 e. The molecule has 0 heterocycles. The van der Waals surface area contributed by atoms with Gasteiger partial charge in [-0.25, -0.2) is 0 Å². The van der Waals surface area contributed by atoms with Crippen LogP contribution in [0.3, 0.4) is 0 Å². The van der Waals surface area contributed by atoms with Gasteiger partial charge in [-0.2, -0.15) is 5.26 Å². The van der Waals surface area contributed by atoms with Crippen LogP contribution in [0.2, 0.25) is 0 Å². The molecule has 0 aliphatic heterocycles. The van der Waals surface area contributed by atoms with Crippen LogP contribution in [-0.2, 0) is 0 Å². The van der Waals surface area contributed by atoms with Crippen molar-refractivity contribution in [3.63, 3.8) is 0 Å². The fourth-order valence-corrected chi connectivity index (χ4v) is 4.56. The van der Waals surface area contributed by atoms with E-state index in [1.807, 2.05) is 17.8 Å². The van der Waals surface area contributed by atoms with Gasteiger partial charge < -0.3 is 0 Å². The van der Waals surface area contributed by atoms with Crippen LogP contribution in [0.15, 0.2) is 33.6 Å². The highest BCUT2D eigenvalue weighted by molar-refractivity contribution is 9.10. The second kappa shape index (κ2) is 6.63. The number of hydrogen-bond donors (Lipinski definition) is 0. The van der Waals surface area contributed by atoms with Crippen molar-refractivity contribution in [3.8, 4) is 6.07 Å². The fourth-order valence-electron chi connectivity index (χ4n) is 2.58. The van der Waals surface area contributed by atoms with Crippen LogP contribution in [0.5, 0.6) is 0 Å². The van der Waals surface area contributed by atoms with Crippen molar-refractivity contribution >= 4 is 27.7 Å². The van der Waals surface area contributed by atoms with E-state index in [1.54, 1.807) is 0 Å². The zero-order valence-electron chi connectivity index (χ0n) is 10.6. The highest BCUT2D eigenvalue weighted by Crippen LogP contribution is 2.41. The Labute approximate surface area is 122 Å². The van der Waals surface area contributed by atoms with E-state index in [9.17, 15) is 5.26 Å². The lowest BCUT2D eigenvalue weighted by atomic mass is 9.81. The van der Waals surface area contributed by atoms with Crippen molar-refractivity contribution in [1.82, 2.24) is 0 Å². The van der Waals surface area contributed by atoms with Gasteiger partial charge in [-0.1, -0.05) is 35.3 Å². The average molecular weight is 324 g/mol. The number of nitrogens with zero attached hydrogens (tertiary/aromatic N) is 1. The molecule has 0 saturated heterocycles. The SMILES string of the molecule is CCC1CCC(C#N)C(Sc2cccc(Br)c2)C1. The second-order valence-corrected chi connectivity index (χ2v) is 7.16. The Hall–Kier alpha value is -0.460. The molecule has 1 nitrogen and oxygen atoms in total. The first-order chi connectivity index (χ1) is 8.72. The largest absolute Gasteiger partial charge is 0.198 e. The predicted octanol–water partition coefficient (Wildman–Crippen LogP) is 5.26. The molecule has 3 unspecified atom stereocenters.